The molecule has 0 bridgehead atoms. The number of phenolic OH excluding ortho intramolecular Hbond substituents is 1. The van der Waals surface area contributed by atoms with Crippen LogP contribution in [0.3, 0.4) is 0 Å². The van der Waals surface area contributed by atoms with E-state index < -0.39 is 0 Å². The minimum atomic E-state index is -0.133. The van der Waals surface area contributed by atoms with Gasteiger partial charge >= 0.3 is 0 Å². The van der Waals surface area contributed by atoms with E-state index in [1.807, 2.05) is 25.1 Å². The molecule has 0 amide bonds. The van der Waals surface area contributed by atoms with Crippen LogP contribution in [0.4, 0.5) is 0 Å². The van der Waals surface area contributed by atoms with Crippen molar-refractivity contribution in [1.82, 2.24) is 4.90 Å². The van der Waals surface area contributed by atoms with Crippen LogP contribution < -0.4 is 0 Å². The van der Waals surface area contributed by atoms with E-state index in [-0.39, 0.29) is 6.10 Å². The lowest BCUT2D eigenvalue weighted by Gasteiger charge is -2.34. The van der Waals surface area contributed by atoms with Gasteiger partial charge in [0.2, 0.25) is 0 Å². The number of aliphatic hydroxyl groups excluding tert-OH is 1. The summed E-state index contributed by atoms with van der Waals surface area (Å²) in [7, 11) is 0. The topological polar surface area (TPSA) is 43.7 Å². The van der Waals surface area contributed by atoms with Crippen LogP contribution in [-0.2, 0) is 6.54 Å². The third-order valence-electron chi connectivity index (χ3n) is 3.94. The summed E-state index contributed by atoms with van der Waals surface area (Å²) in [4.78, 5) is 2.36. The van der Waals surface area contributed by atoms with Crippen LogP contribution >= 0.6 is 0 Å². The van der Waals surface area contributed by atoms with Crippen molar-refractivity contribution in [1.29, 1.82) is 0 Å². The molecule has 2 N–H and O–H groups in total. The van der Waals surface area contributed by atoms with Crippen molar-refractivity contribution in [3.63, 3.8) is 0 Å². The number of aromatic hydroxyl groups is 1. The smallest absolute Gasteiger partial charge is 0.115 e. The number of aliphatic hydroxyl groups is 1. The van der Waals surface area contributed by atoms with Gasteiger partial charge in [0.15, 0.2) is 0 Å². The van der Waals surface area contributed by atoms with Gasteiger partial charge in [0.05, 0.1) is 12.6 Å². The fraction of sp³-hybridized carbons (Fsp3) is 0.529. The minimum absolute atomic E-state index is 0.133. The van der Waals surface area contributed by atoms with Gasteiger partial charge < -0.3 is 10.2 Å². The highest BCUT2D eigenvalue weighted by Crippen LogP contribution is 2.25. The Bertz CT molecular complexity index is 481. The Hall–Kier alpha value is -1.50. The second kappa shape index (κ2) is 7.33. The zero-order chi connectivity index (χ0) is 14.4. The Kier molecular flexibility index (Phi) is 5.46. The lowest BCUT2D eigenvalue weighted by molar-refractivity contribution is 0.0764. The van der Waals surface area contributed by atoms with Crippen molar-refractivity contribution in [3.8, 4) is 17.6 Å². The summed E-state index contributed by atoms with van der Waals surface area (Å²) >= 11 is 0. The molecule has 1 saturated carbocycles. The SMILES string of the molecule is CC#CCN(Cc1cccc(O)c1)C1CCC(O)CC1. The molecule has 1 aliphatic rings. The number of rotatable bonds is 4. The van der Waals surface area contributed by atoms with E-state index in [9.17, 15) is 10.2 Å². The lowest BCUT2D eigenvalue weighted by atomic mass is 9.91. The molecule has 0 saturated heterocycles. The van der Waals surface area contributed by atoms with E-state index >= 15 is 0 Å². The highest BCUT2D eigenvalue weighted by Gasteiger charge is 2.24. The first-order chi connectivity index (χ1) is 9.69. The van der Waals surface area contributed by atoms with Gasteiger partial charge in [-0.05, 0) is 50.3 Å². The minimum Gasteiger partial charge on any atom is -0.508 e. The van der Waals surface area contributed by atoms with E-state index in [1.165, 1.54) is 0 Å². The molecule has 1 aliphatic carbocycles. The summed E-state index contributed by atoms with van der Waals surface area (Å²) in [5, 5.41) is 19.2. The van der Waals surface area contributed by atoms with Crippen molar-refractivity contribution in [2.45, 2.75) is 51.3 Å². The molecule has 1 fully saturated rings. The predicted molar refractivity (Wildman–Crippen MR) is 80.2 cm³/mol. The number of benzene rings is 1. The number of hydrogen-bond acceptors (Lipinski definition) is 3. The van der Waals surface area contributed by atoms with Gasteiger partial charge in [-0.2, -0.15) is 0 Å². The third-order valence-corrected chi connectivity index (χ3v) is 3.94. The van der Waals surface area contributed by atoms with E-state index in [4.69, 9.17) is 0 Å². The highest BCUT2D eigenvalue weighted by molar-refractivity contribution is 5.27. The molecule has 20 heavy (non-hydrogen) atoms. The Balaban J connectivity index is 2.04. The highest BCUT2D eigenvalue weighted by atomic mass is 16.3. The normalized spacial score (nSPS) is 22.4. The van der Waals surface area contributed by atoms with Crippen LogP contribution in [0.2, 0.25) is 0 Å². The molecule has 0 heterocycles. The third kappa shape index (κ3) is 4.26. The van der Waals surface area contributed by atoms with Crippen molar-refractivity contribution in [2.75, 3.05) is 6.54 Å². The van der Waals surface area contributed by atoms with Crippen LogP contribution in [0.25, 0.3) is 0 Å². The van der Waals surface area contributed by atoms with Gasteiger partial charge in [0.1, 0.15) is 5.75 Å². The fourth-order valence-electron chi connectivity index (χ4n) is 2.81. The van der Waals surface area contributed by atoms with E-state index in [0.717, 1.165) is 44.3 Å². The summed E-state index contributed by atoms with van der Waals surface area (Å²) in [5.41, 5.74) is 1.11. The maximum atomic E-state index is 9.63. The van der Waals surface area contributed by atoms with Crippen LogP contribution in [0.5, 0.6) is 5.75 Å². The van der Waals surface area contributed by atoms with Gasteiger partial charge in [-0.25, -0.2) is 0 Å². The van der Waals surface area contributed by atoms with Crippen molar-refractivity contribution in [2.24, 2.45) is 0 Å². The Labute approximate surface area is 121 Å². The van der Waals surface area contributed by atoms with Crippen molar-refractivity contribution in [3.05, 3.63) is 29.8 Å². The Morgan fingerprint density at radius 3 is 2.65 bits per heavy atom. The van der Waals surface area contributed by atoms with Gasteiger partial charge in [0, 0.05) is 12.6 Å². The molecule has 108 valence electrons. The maximum Gasteiger partial charge on any atom is 0.115 e. The molecule has 3 heteroatoms. The molecule has 0 aromatic heterocycles. The zero-order valence-electron chi connectivity index (χ0n) is 12.0. The van der Waals surface area contributed by atoms with Crippen molar-refractivity contribution >= 4 is 0 Å². The van der Waals surface area contributed by atoms with Crippen LogP contribution in [0.1, 0.15) is 38.2 Å². The van der Waals surface area contributed by atoms with E-state index in [1.54, 1.807) is 6.07 Å². The first kappa shape index (κ1) is 14.9. The standard InChI is InChI=1S/C17H23NO2/c1-2-3-11-18(15-7-9-16(19)10-8-15)13-14-5-4-6-17(20)12-14/h4-6,12,15-16,19-20H,7-11,13H2,1H3. The second-order valence-corrected chi connectivity index (χ2v) is 5.46. The molecular weight excluding hydrogens is 250 g/mol. The van der Waals surface area contributed by atoms with Crippen LogP contribution in [0.15, 0.2) is 24.3 Å². The molecular formula is C17H23NO2. The quantitative estimate of drug-likeness (QED) is 0.829. The summed E-state index contributed by atoms with van der Waals surface area (Å²) < 4.78 is 0. The average molecular weight is 273 g/mol. The van der Waals surface area contributed by atoms with Crippen LogP contribution in [0, 0.1) is 11.8 Å². The molecule has 3 nitrogen and oxygen atoms in total. The first-order valence-corrected chi connectivity index (χ1v) is 7.28. The monoisotopic (exact) mass is 273 g/mol. The van der Waals surface area contributed by atoms with Gasteiger partial charge in [-0.15, -0.1) is 5.92 Å². The summed E-state index contributed by atoms with van der Waals surface area (Å²) in [6, 6.07) is 7.88. The fourth-order valence-corrected chi connectivity index (χ4v) is 2.81. The molecule has 1 aromatic rings. The Morgan fingerprint density at radius 1 is 1.25 bits per heavy atom. The summed E-state index contributed by atoms with van der Waals surface area (Å²) in [6.45, 7) is 3.40. The molecule has 2 rings (SSSR count). The maximum absolute atomic E-state index is 9.63. The predicted octanol–water partition coefficient (Wildman–Crippen LogP) is 2.52. The second-order valence-electron chi connectivity index (χ2n) is 5.46. The van der Waals surface area contributed by atoms with Gasteiger partial charge in [0.25, 0.3) is 0 Å². The molecule has 0 atom stereocenters. The lowest BCUT2D eigenvalue weighted by Crippen LogP contribution is -2.38. The van der Waals surface area contributed by atoms with E-state index in [0.29, 0.717) is 11.8 Å². The van der Waals surface area contributed by atoms with Gasteiger partial charge in [-0.3, -0.25) is 4.90 Å². The molecule has 0 aliphatic heterocycles. The zero-order valence-corrected chi connectivity index (χ0v) is 12.0. The molecule has 1 aromatic carbocycles. The molecule has 0 unspecified atom stereocenters. The number of nitrogens with zero attached hydrogens (tertiary/aromatic N) is 1. The largest absolute Gasteiger partial charge is 0.508 e. The number of phenols is 1. The van der Waals surface area contributed by atoms with Crippen LogP contribution in [-0.4, -0.2) is 33.8 Å². The number of hydrogen-bond donors (Lipinski definition) is 2. The summed E-state index contributed by atoms with van der Waals surface area (Å²) in [5.74, 6) is 6.40. The van der Waals surface area contributed by atoms with Gasteiger partial charge in [-0.1, -0.05) is 18.1 Å². The summed E-state index contributed by atoms with van der Waals surface area (Å²) in [6.07, 6.45) is 3.66. The molecule has 0 spiro atoms. The Morgan fingerprint density at radius 2 is 2.00 bits per heavy atom. The first-order valence-electron chi connectivity index (χ1n) is 7.28. The van der Waals surface area contributed by atoms with Crippen molar-refractivity contribution < 1.29 is 10.2 Å². The average Bonchev–Trinajstić information content (AvgIpc) is 2.44. The van der Waals surface area contributed by atoms with E-state index in [2.05, 4.69) is 16.7 Å². The molecule has 0 radical (unpaired) electrons.